The van der Waals surface area contributed by atoms with E-state index in [-0.39, 0.29) is 10.6 Å². The van der Waals surface area contributed by atoms with Crippen molar-refractivity contribution in [2.75, 3.05) is 10.7 Å². The number of benzene rings is 2. The number of non-ortho nitro benzene ring substituents is 1. The maximum absolute atomic E-state index is 12.8. The fourth-order valence-electron chi connectivity index (χ4n) is 3.12. The summed E-state index contributed by atoms with van der Waals surface area (Å²) in [5.74, 6) is 0.868. The number of hydrazone groups is 1. The van der Waals surface area contributed by atoms with Gasteiger partial charge >= 0.3 is 0 Å². The van der Waals surface area contributed by atoms with Crippen molar-refractivity contribution in [3.63, 3.8) is 0 Å². The fraction of sp³-hybridized carbons (Fsp3) is 0.136. The van der Waals surface area contributed by atoms with Crippen LogP contribution in [-0.4, -0.2) is 39.4 Å². The molecule has 0 aliphatic heterocycles. The summed E-state index contributed by atoms with van der Waals surface area (Å²) in [4.78, 5) is 14.9. The number of sulfone groups is 1. The van der Waals surface area contributed by atoms with Crippen molar-refractivity contribution in [2.45, 2.75) is 24.0 Å². The molecule has 2 aromatic heterocycles. The second kappa shape index (κ2) is 9.27. The van der Waals surface area contributed by atoms with Gasteiger partial charge in [-0.15, -0.1) is 0 Å². The molecule has 12 heteroatoms. The zero-order chi connectivity index (χ0) is 24.3. The molecule has 0 bridgehead atoms. The minimum atomic E-state index is -3.52. The van der Waals surface area contributed by atoms with Crippen molar-refractivity contribution in [2.24, 2.45) is 5.10 Å². The van der Waals surface area contributed by atoms with E-state index in [9.17, 15) is 18.5 Å². The van der Waals surface area contributed by atoms with Crippen LogP contribution < -0.4 is 10.7 Å². The molecule has 0 saturated heterocycles. The Balaban J connectivity index is 1.62. The Kier molecular flexibility index (Phi) is 6.23. The molecule has 0 atom stereocenters. The van der Waals surface area contributed by atoms with Gasteiger partial charge in [-0.2, -0.15) is 14.7 Å². The molecule has 34 heavy (non-hydrogen) atoms. The number of hydrogen-bond acceptors (Lipinski definition) is 9. The summed E-state index contributed by atoms with van der Waals surface area (Å²) >= 11 is 0. The Morgan fingerprint density at radius 2 is 1.85 bits per heavy atom. The maximum atomic E-state index is 12.8. The molecule has 0 unspecified atom stereocenters. The lowest BCUT2D eigenvalue weighted by Gasteiger charge is -2.15. The van der Waals surface area contributed by atoms with Crippen LogP contribution in [0.1, 0.15) is 19.4 Å². The average Bonchev–Trinajstić information content (AvgIpc) is 3.29. The molecule has 2 heterocycles. The topological polar surface area (TPSA) is 144 Å². The van der Waals surface area contributed by atoms with Crippen molar-refractivity contribution >= 4 is 44.7 Å². The third-order valence-electron chi connectivity index (χ3n) is 4.93. The number of fused-ring (bicyclic) bond motifs is 1. The first-order chi connectivity index (χ1) is 16.3. The molecule has 2 aromatic carbocycles. The van der Waals surface area contributed by atoms with Crippen LogP contribution in [0.2, 0.25) is 0 Å². The van der Waals surface area contributed by atoms with Crippen LogP contribution in [0.3, 0.4) is 0 Å². The summed E-state index contributed by atoms with van der Waals surface area (Å²) in [6.07, 6.45) is 3.08. The van der Waals surface area contributed by atoms with Gasteiger partial charge in [-0.3, -0.25) is 15.5 Å². The molecule has 2 N–H and O–H groups in total. The van der Waals surface area contributed by atoms with Crippen LogP contribution in [0.4, 0.5) is 23.0 Å². The van der Waals surface area contributed by atoms with Gasteiger partial charge < -0.3 is 5.32 Å². The predicted molar refractivity (Wildman–Crippen MR) is 129 cm³/mol. The molecule has 0 radical (unpaired) electrons. The van der Waals surface area contributed by atoms with Crippen molar-refractivity contribution < 1.29 is 13.3 Å². The van der Waals surface area contributed by atoms with Crippen LogP contribution in [0.15, 0.2) is 76.9 Å². The van der Waals surface area contributed by atoms with Crippen molar-refractivity contribution in [3.05, 3.63) is 82.5 Å². The maximum Gasteiger partial charge on any atom is 0.269 e. The number of aromatic nitrogens is 3. The van der Waals surface area contributed by atoms with Crippen molar-refractivity contribution in [1.82, 2.24) is 14.6 Å². The first kappa shape index (κ1) is 22.9. The summed E-state index contributed by atoms with van der Waals surface area (Å²) in [5, 5.41) is 21.7. The third-order valence-corrected chi connectivity index (χ3v) is 7.14. The summed E-state index contributed by atoms with van der Waals surface area (Å²) in [6.45, 7) is 3.27. The van der Waals surface area contributed by atoms with Gasteiger partial charge in [0.25, 0.3) is 5.69 Å². The normalized spacial score (nSPS) is 11.9. The van der Waals surface area contributed by atoms with E-state index in [1.54, 1.807) is 73.1 Å². The SMILES string of the molecule is CC(C)S(=O)(=O)c1ccccc1Nc1cc(NN=Cc2ccc([N+](=O)[O-])cc2)nc2ccnn12. The Hall–Kier alpha value is -4.32. The highest BCUT2D eigenvalue weighted by molar-refractivity contribution is 7.92. The van der Waals surface area contributed by atoms with Crippen LogP contribution in [0, 0.1) is 10.1 Å². The van der Waals surface area contributed by atoms with Gasteiger partial charge in [0.15, 0.2) is 21.3 Å². The lowest BCUT2D eigenvalue weighted by atomic mass is 10.2. The third kappa shape index (κ3) is 4.71. The number of nitro groups is 1. The number of rotatable bonds is 8. The van der Waals surface area contributed by atoms with Gasteiger partial charge in [0.2, 0.25) is 0 Å². The molecule has 4 aromatic rings. The van der Waals surface area contributed by atoms with E-state index in [0.29, 0.717) is 28.5 Å². The smallest absolute Gasteiger partial charge is 0.269 e. The van der Waals surface area contributed by atoms with Crippen LogP contribution in [0.25, 0.3) is 5.65 Å². The number of nitrogens with zero attached hydrogens (tertiary/aromatic N) is 5. The minimum absolute atomic E-state index is 0.00608. The molecule has 0 amide bonds. The highest BCUT2D eigenvalue weighted by Gasteiger charge is 2.23. The highest BCUT2D eigenvalue weighted by atomic mass is 32.2. The van der Waals surface area contributed by atoms with E-state index in [1.807, 2.05) is 0 Å². The van der Waals surface area contributed by atoms with Gasteiger partial charge in [-0.25, -0.2) is 13.4 Å². The first-order valence-electron chi connectivity index (χ1n) is 10.2. The number of nitro benzene ring substituents is 1. The van der Waals surface area contributed by atoms with E-state index in [0.717, 1.165) is 0 Å². The number of nitrogens with one attached hydrogen (secondary N) is 2. The van der Waals surface area contributed by atoms with Crippen LogP contribution >= 0.6 is 0 Å². The second-order valence-electron chi connectivity index (χ2n) is 7.56. The lowest BCUT2D eigenvalue weighted by molar-refractivity contribution is -0.384. The predicted octanol–water partition coefficient (Wildman–Crippen LogP) is 4.01. The summed E-state index contributed by atoms with van der Waals surface area (Å²) in [6, 6.07) is 16.0. The quantitative estimate of drug-likeness (QED) is 0.219. The molecule has 0 aliphatic carbocycles. The summed E-state index contributed by atoms with van der Waals surface area (Å²) in [5.41, 5.74) is 4.41. The fourth-order valence-corrected chi connectivity index (χ4v) is 4.33. The van der Waals surface area contributed by atoms with E-state index in [2.05, 4.69) is 25.9 Å². The number of para-hydroxylation sites is 1. The van der Waals surface area contributed by atoms with E-state index in [1.165, 1.54) is 18.3 Å². The molecular weight excluding hydrogens is 458 g/mol. The summed E-state index contributed by atoms with van der Waals surface area (Å²) in [7, 11) is -3.52. The van der Waals surface area contributed by atoms with Gasteiger partial charge in [0.1, 0.15) is 5.82 Å². The molecule has 11 nitrogen and oxygen atoms in total. The van der Waals surface area contributed by atoms with Crippen LogP contribution in [-0.2, 0) is 9.84 Å². The second-order valence-corrected chi connectivity index (χ2v) is 10.0. The molecule has 4 rings (SSSR count). The van der Waals surface area contributed by atoms with Gasteiger partial charge in [-0.1, -0.05) is 12.1 Å². The lowest BCUT2D eigenvalue weighted by Crippen LogP contribution is -2.16. The number of hydrogen-bond donors (Lipinski definition) is 2. The molecular formula is C22H21N7O4S. The number of anilines is 3. The molecule has 0 spiro atoms. The van der Waals surface area contributed by atoms with Crippen molar-refractivity contribution in [3.8, 4) is 0 Å². The highest BCUT2D eigenvalue weighted by Crippen LogP contribution is 2.28. The largest absolute Gasteiger partial charge is 0.339 e. The molecule has 0 fully saturated rings. The van der Waals surface area contributed by atoms with Crippen LogP contribution in [0.5, 0.6) is 0 Å². The Morgan fingerprint density at radius 1 is 1.12 bits per heavy atom. The average molecular weight is 480 g/mol. The summed E-state index contributed by atoms with van der Waals surface area (Å²) < 4.78 is 27.2. The van der Waals surface area contributed by atoms with E-state index in [4.69, 9.17) is 0 Å². The minimum Gasteiger partial charge on any atom is -0.339 e. The van der Waals surface area contributed by atoms with Gasteiger partial charge in [-0.05, 0) is 43.7 Å². The van der Waals surface area contributed by atoms with Crippen molar-refractivity contribution in [1.29, 1.82) is 0 Å². The van der Waals surface area contributed by atoms with Gasteiger partial charge in [0, 0.05) is 24.3 Å². The van der Waals surface area contributed by atoms with E-state index < -0.39 is 20.0 Å². The Bertz CT molecular complexity index is 1480. The van der Waals surface area contributed by atoms with E-state index >= 15 is 0 Å². The van der Waals surface area contributed by atoms with Gasteiger partial charge in [0.05, 0.1) is 33.2 Å². The monoisotopic (exact) mass is 479 g/mol. The molecule has 0 saturated carbocycles. The zero-order valence-electron chi connectivity index (χ0n) is 18.3. The molecule has 174 valence electrons. The Morgan fingerprint density at radius 3 is 2.56 bits per heavy atom. The Labute approximate surface area is 195 Å². The molecule has 0 aliphatic rings. The standard InChI is InChI=1S/C22H21N7O4S/c1-15(2)34(32,33)19-6-4-3-5-18(19)25-22-13-20(26-21-11-12-24-28(21)22)27-23-14-16-7-9-17(10-8-16)29(30)31/h3-15,25H,1-2H3,(H,26,27). The first-order valence-corrected chi connectivity index (χ1v) is 11.8. The zero-order valence-corrected chi connectivity index (χ0v) is 19.1.